The molecule has 0 saturated carbocycles. The molecule has 2 rings (SSSR count). The summed E-state index contributed by atoms with van der Waals surface area (Å²) in [7, 11) is 3.97. The maximum atomic E-state index is 11.7. The number of aryl methyl sites for hydroxylation is 1. The minimum absolute atomic E-state index is 0.120. The highest BCUT2D eigenvalue weighted by atomic mass is 32.1. The minimum Gasteiger partial charge on any atom is -0.337 e. The number of thiazole rings is 1. The first kappa shape index (κ1) is 16.2. The summed E-state index contributed by atoms with van der Waals surface area (Å²) in [6, 6.07) is -0.120. The molecule has 0 bridgehead atoms. The SMILES string of the molecule is CN(C)CCNC(=O)NCc1nc2c(s1)CC(C)(C)CC2. The van der Waals surface area contributed by atoms with Crippen LogP contribution in [0.25, 0.3) is 0 Å². The number of carbonyl (C=O) groups is 1. The molecule has 118 valence electrons. The molecule has 0 fully saturated rings. The number of amides is 2. The van der Waals surface area contributed by atoms with E-state index in [2.05, 4.69) is 29.5 Å². The van der Waals surface area contributed by atoms with Crippen LogP contribution in [0.2, 0.25) is 0 Å². The molecule has 0 unspecified atom stereocenters. The zero-order valence-corrected chi connectivity index (χ0v) is 14.3. The molecule has 0 aliphatic heterocycles. The van der Waals surface area contributed by atoms with Crippen LogP contribution >= 0.6 is 11.3 Å². The van der Waals surface area contributed by atoms with Gasteiger partial charge in [-0.25, -0.2) is 9.78 Å². The lowest BCUT2D eigenvalue weighted by molar-refractivity contribution is 0.239. The molecule has 21 heavy (non-hydrogen) atoms. The lowest BCUT2D eigenvalue weighted by Gasteiger charge is -2.28. The number of rotatable bonds is 5. The highest BCUT2D eigenvalue weighted by Gasteiger charge is 2.27. The Balaban J connectivity index is 1.79. The van der Waals surface area contributed by atoms with Crippen molar-refractivity contribution in [2.45, 2.75) is 39.7 Å². The molecule has 1 aliphatic carbocycles. The van der Waals surface area contributed by atoms with E-state index in [-0.39, 0.29) is 6.03 Å². The van der Waals surface area contributed by atoms with E-state index in [4.69, 9.17) is 0 Å². The number of nitrogens with one attached hydrogen (secondary N) is 2. The number of carbonyl (C=O) groups excluding carboxylic acids is 1. The van der Waals surface area contributed by atoms with Crippen molar-refractivity contribution >= 4 is 17.4 Å². The van der Waals surface area contributed by atoms with E-state index >= 15 is 0 Å². The number of nitrogens with zero attached hydrogens (tertiary/aromatic N) is 2. The van der Waals surface area contributed by atoms with E-state index in [9.17, 15) is 4.79 Å². The van der Waals surface area contributed by atoms with Crippen LogP contribution in [0.1, 0.15) is 35.8 Å². The van der Waals surface area contributed by atoms with Crippen molar-refractivity contribution in [2.75, 3.05) is 27.2 Å². The zero-order chi connectivity index (χ0) is 15.5. The van der Waals surface area contributed by atoms with Gasteiger partial charge in [-0.3, -0.25) is 0 Å². The molecular formula is C15H26N4OS. The third-order valence-corrected chi connectivity index (χ3v) is 4.84. The van der Waals surface area contributed by atoms with E-state index in [0.717, 1.165) is 24.4 Å². The molecule has 0 spiro atoms. The molecule has 0 atom stereocenters. The first-order chi connectivity index (χ1) is 9.85. The van der Waals surface area contributed by atoms with Crippen molar-refractivity contribution in [1.82, 2.24) is 20.5 Å². The number of aromatic nitrogens is 1. The minimum atomic E-state index is -0.120. The molecule has 6 heteroatoms. The van der Waals surface area contributed by atoms with Crippen LogP contribution in [0.5, 0.6) is 0 Å². The van der Waals surface area contributed by atoms with Gasteiger partial charge < -0.3 is 15.5 Å². The van der Waals surface area contributed by atoms with E-state index in [1.54, 1.807) is 11.3 Å². The molecule has 1 aromatic rings. The number of urea groups is 1. The third-order valence-electron chi connectivity index (χ3n) is 3.74. The molecule has 1 heterocycles. The second-order valence-electron chi connectivity index (χ2n) is 6.73. The summed E-state index contributed by atoms with van der Waals surface area (Å²) in [6.07, 6.45) is 3.37. The molecule has 0 saturated heterocycles. The fourth-order valence-electron chi connectivity index (χ4n) is 2.44. The Bertz CT molecular complexity index is 496. The molecule has 1 aromatic heterocycles. The molecule has 2 amide bonds. The Hall–Kier alpha value is -1.14. The van der Waals surface area contributed by atoms with Crippen LogP contribution in [0.4, 0.5) is 4.79 Å². The lowest BCUT2D eigenvalue weighted by atomic mass is 9.79. The third kappa shape index (κ3) is 4.97. The van der Waals surface area contributed by atoms with Gasteiger partial charge in [-0.2, -0.15) is 0 Å². The van der Waals surface area contributed by atoms with Gasteiger partial charge in [0.05, 0.1) is 12.2 Å². The largest absolute Gasteiger partial charge is 0.337 e. The summed E-state index contributed by atoms with van der Waals surface area (Å²) in [5.74, 6) is 0. The van der Waals surface area contributed by atoms with Gasteiger partial charge in [-0.1, -0.05) is 13.8 Å². The zero-order valence-electron chi connectivity index (χ0n) is 13.5. The molecule has 5 nitrogen and oxygen atoms in total. The fraction of sp³-hybridized carbons (Fsp3) is 0.733. The van der Waals surface area contributed by atoms with Crippen molar-refractivity contribution < 1.29 is 4.79 Å². The van der Waals surface area contributed by atoms with Crippen LogP contribution in [-0.2, 0) is 19.4 Å². The van der Waals surface area contributed by atoms with Gasteiger partial charge in [0, 0.05) is 18.0 Å². The van der Waals surface area contributed by atoms with Crippen LogP contribution in [0.3, 0.4) is 0 Å². The summed E-state index contributed by atoms with van der Waals surface area (Å²) >= 11 is 1.75. The average molecular weight is 310 g/mol. The highest BCUT2D eigenvalue weighted by Crippen LogP contribution is 2.37. The number of hydrogen-bond acceptors (Lipinski definition) is 4. The summed E-state index contributed by atoms with van der Waals surface area (Å²) in [6.45, 7) is 6.64. The predicted octanol–water partition coefficient (Wildman–Crippen LogP) is 2.02. The van der Waals surface area contributed by atoms with Crippen molar-refractivity contribution in [3.8, 4) is 0 Å². The van der Waals surface area contributed by atoms with Gasteiger partial charge in [0.15, 0.2) is 0 Å². The van der Waals surface area contributed by atoms with Gasteiger partial charge >= 0.3 is 6.03 Å². The molecule has 1 aliphatic rings. The number of hydrogen-bond donors (Lipinski definition) is 2. The quantitative estimate of drug-likeness (QED) is 0.875. The topological polar surface area (TPSA) is 57.3 Å². The summed E-state index contributed by atoms with van der Waals surface area (Å²) in [5.41, 5.74) is 1.62. The molecule has 2 N–H and O–H groups in total. The Morgan fingerprint density at radius 3 is 2.86 bits per heavy atom. The van der Waals surface area contributed by atoms with Crippen molar-refractivity contribution in [1.29, 1.82) is 0 Å². The van der Waals surface area contributed by atoms with Crippen LogP contribution in [0, 0.1) is 5.41 Å². The number of fused-ring (bicyclic) bond motifs is 1. The predicted molar refractivity (Wildman–Crippen MR) is 86.7 cm³/mol. The van der Waals surface area contributed by atoms with E-state index in [1.807, 2.05) is 19.0 Å². The van der Waals surface area contributed by atoms with Gasteiger partial charge in [0.1, 0.15) is 5.01 Å². The first-order valence-corrected chi connectivity index (χ1v) is 8.31. The fourth-order valence-corrected chi connectivity index (χ4v) is 3.75. The van der Waals surface area contributed by atoms with E-state index in [0.29, 0.717) is 18.5 Å². The summed E-state index contributed by atoms with van der Waals surface area (Å²) in [4.78, 5) is 19.8. The lowest BCUT2D eigenvalue weighted by Crippen LogP contribution is -2.38. The Morgan fingerprint density at radius 1 is 1.38 bits per heavy atom. The van der Waals surface area contributed by atoms with Crippen LogP contribution < -0.4 is 10.6 Å². The van der Waals surface area contributed by atoms with E-state index < -0.39 is 0 Å². The first-order valence-electron chi connectivity index (χ1n) is 7.50. The Kier molecular flexibility index (Phi) is 5.22. The van der Waals surface area contributed by atoms with Gasteiger partial charge in [-0.05, 0) is 38.8 Å². The standard InChI is InChI=1S/C15H26N4OS/c1-15(2)6-5-11-12(9-15)21-13(18-11)10-17-14(20)16-7-8-19(3)4/h5-10H2,1-4H3,(H2,16,17,20). The van der Waals surface area contributed by atoms with Gasteiger partial charge in [-0.15, -0.1) is 11.3 Å². The van der Waals surface area contributed by atoms with Crippen LogP contribution in [0.15, 0.2) is 0 Å². The summed E-state index contributed by atoms with van der Waals surface area (Å²) < 4.78 is 0. The Labute approximate surface area is 131 Å². The normalized spacial score (nSPS) is 16.6. The molecule has 0 radical (unpaired) electrons. The second-order valence-corrected chi connectivity index (χ2v) is 7.90. The average Bonchev–Trinajstić information content (AvgIpc) is 2.76. The monoisotopic (exact) mass is 310 g/mol. The summed E-state index contributed by atoms with van der Waals surface area (Å²) in [5, 5.41) is 6.74. The van der Waals surface area contributed by atoms with Gasteiger partial charge in [0.25, 0.3) is 0 Å². The second kappa shape index (κ2) is 6.75. The van der Waals surface area contributed by atoms with Gasteiger partial charge in [0.2, 0.25) is 0 Å². The molecular weight excluding hydrogens is 284 g/mol. The van der Waals surface area contributed by atoms with Crippen molar-refractivity contribution in [2.24, 2.45) is 5.41 Å². The Morgan fingerprint density at radius 2 is 2.14 bits per heavy atom. The maximum Gasteiger partial charge on any atom is 0.315 e. The van der Waals surface area contributed by atoms with Crippen molar-refractivity contribution in [3.63, 3.8) is 0 Å². The van der Waals surface area contributed by atoms with Crippen molar-refractivity contribution in [3.05, 3.63) is 15.6 Å². The maximum absolute atomic E-state index is 11.7. The van der Waals surface area contributed by atoms with Crippen LogP contribution in [-0.4, -0.2) is 43.1 Å². The number of likely N-dealkylation sites (N-methyl/N-ethyl adjacent to an activating group) is 1. The molecule has 0 aromatic carbocycles. The highest BCUT2D eigenvalue weighted by molar-refractivity contribution is 7.11. The smallest absolute Gasteiger partial charge is 0.315 e. The van der Waals surface area contributed by atoms with E-state index in [1.165, 1.54) is 17.0 Å².